The van der Waals surface area contributed by atoms with Crippen molar-refractivity contribution in [1.29, 1.82) is 0 Å². The second-order valence-electron chi connectivity index (χ2n) is 5.72. The van der Waals surface area contributed by atoms with Crippen LogP contribution in [0, 0.1) is 0 Å². The van der Waals surface area contributed by atoms with Gasteiger partial charge in [0.25, 0.3) is 5.91 Å². The van der Waals surface area contributed by atoms with Gasteiger partial charge in [0.1, 0.15) is 6.54 Å². The van der Waals surface area contributed by atoms with Crippen LogP contribution in [-0.4, -0.2) is 36.2 Å². The Balaban J connectivity index is 1.61. The average molecular weight is 370 g/mol. The minimum absolute atomic E-state index is 0.101. The van der Waals surface area contributed by atoms with Gasteiger partial charge in [0.2, 0.25) is 5.91 Å². The highest BCUT2D eigenvalue weighted by molar-refractivity contribution is 8.00. The predicted octanol–water partition coefficient (Wildman–Crippen LogP) is 2.70. The molecule has 1 atom stereocenters. The molecule has 0 aliphatic carbocycles. The normalized spacial score (nSPS) is 14.2. The van der Waals surface area contributed by atoms with Gasteiger partial charge in [0, 0.05) is 4.90 Å². The van der Waals surface area contributed by atoms with Crippen molar-refractivity contribution in [2.45, 2.75) is 17.9 Å². The number of nitrogens with zero attached hydrogens (tertiary/aromatic N) is 1. The number of anilines is 2. The fraction of sp³-hybridized carbons (Fsp3) is 0.211. The number of benzene rings is 2. The molecule has 26 heavy (non-hydrogen) atoms. The van der Waals surface area contributed by atoms with Gasteiger partial charge < -0.3 is 10.1 Å². The summed E-state index contributed by atoms with van der Waals surface area (Å²) in [5, 5.41) is 2.72. The number of rotatable bonds is 5. The van der Waals surface area contributed by atoms with Gasteiger partial charge >= 0.3 is 5.97 Å². The predicted molar refractivity (Wildman–Crippen MR) is 100 cm³/mol. The number of carbonyl (C=O) groups is 3. The van der Waals surface area contributed by atoms with Crippen molar-refractivity contribution in [1.82, 2.24) is 0 Å². The fourth-order valence-corrected chi connectivity index (χ4v) is 3.29. The number of carbonyl (C=O) groups excluding carboxylic acids is 3. The molecule has 7 heteroatoms. The van der Waals surface area contributed by atoms with Crippen molar-refractivity contribution >= 4 is 40.9 Å². The van der Waals surface area contributed by atoms with Crippen molar-refractivity contribution < 1.29 is 19.1 Å². The van der Waals surface area contributed by atoms with E-state index in [4.69, 9.17) is 4.74 Å². The van der Waals surface area contributed by atoms with E-state index in [1.165, 1.54) is 23.6 Å². The minimum Gasteiger partial charge on any atom is -0.452 e. The lowest BCUT2D eigenvalue weighted by molar-refractivity contribution is -0.151. The van der Waals surface area contributed by atoms with Gasteiger partial charge in [-0.15, -0.1) is 11.8 Å². The highest BCUT2D eigenvalue weighted by Crippen LogP contribution is 2.29. The largest absolute Gasteiger partial charge is 0.452 e. The number of hydrogen-bond donors (Lipinski definition) is 1. The molecule has 3 rings (SSSR count). The monoisotopic (exact) mass is 370 g/mol. The highest BCUT2D eigenvalue weighted by atomic mass is 32.2. The first-order valence-electron chi connectivity index (χ1n) is 8.12. The Morgan fingerprint density at radius 3 is 2.62 bits per heavy atom. The summed E-state index contributed by atoms with van der Waals surface area (Å²) >= 11 is 1.34. The zero-order valence-corrected chi connectivity index (χ0v) is 15.0. The van der Waals surface area contributed by atoms with Crippen LogP contribution in [0.4, 0.5) is 11.4 Å². The molecule has 2 amide bonds. The number of esters is 1. The Morgan fingerprint density at radius 2 is 1.85 bits per heavy atom. The molecule has 0 spiro atoms. The Labute approximate surface area is 155 Å². The lowest BCUT2D eigenvalue weighted by Crippen LogP contribution is -2.47. The Bertz CT molecular complexity index is 825. The van der Waals surface area contributed by atoms with E-state index < -0.39 is 18.0 Å². The van der Waals surface area contributed by atoms with E-state index in [1.54, 1.807) is 24.3 Å². The summed E-state index contributed by atoms with van der Waals surface area (Å²) in [7, 11) is 0. The molecule has 2 aromatic rings. The van der Waals surface area contributed by atoms with Crippen LogP contribution in [0.5, 0.6) is 0 Å². The van der Waals surface area contributed by atoms with Crippen molar-refractivity contribution in [2.75, 3.05) is 22.5 Å². The number of amides is 2. The van der Waals surface area contributed by atoms with Gasteiger partial charge in [0.15, 0.2) is 6.10 Å². The van der Waals surface area contributed by atoms with E-state index in [9.17, 15) is 14.4 Å². The van der Waals surface area contributed by atoms with Crippen LogP contribution in [-0.2, 0) is 19.1 Å². The summed E-state index contributed by atoms with van der Waals surface area (Å²) in [4.78, 5) is 38.8. The second-order valence-corrected chi connectivity index (χ2v) is 6.77. The molecule has 0 aromatic heterocycles. The van der Waals surface area contributed by atoms with Gasteiger partial charge in [-0.1, -0.05) is 30.3 Å². The van der Waals surface area contributed by atoms with E-state index in [0.717, 1.165) is 4.90 Å². The van der Waals surface area contributed by atoms with Crippen LogP contribution < -0.4 is 10.2 Å². The van der Waals surface area contributed by atoms with E-state index in [-0.39, 0.29) is 18.2 Å². The Morgan fingerprint density at radius 1 is 1.15 bits per heavy atom. The van der Waals surface area contributed by atoms with Crippen LogP contribution in [0.25, 0.3) is 0 Å². The smallest absolute Gasteiger partial charge is 0.317 e. The summed E-state index contributed by atoms with van der Waals surface area (Å²) in [5.41, 5.74) is 1.16. The maximum atomic E-state index is 12.7. The van der Waals surface area contributed by atoms with Crippen molar-refractivity contribution in [2.24, 2.45) is 0 Å². The molecular formula is C19H18N2O4S. The first-order chi connectivity index (χ1) is 12.5. The minimum atomic E-state index is -0.974. The van der Waals surface area contributed by atoms with E-state index >= 15 is 0 Å². The highest BCUT2D eigenvalue weighted by Gasteiger charge is 2.31. The molecule has 6 nitrogen and oxygen atoms in total. The molecule has 0 saturated heterocycles. The Kier molecular flexibility index (Phi) is 5.58. The zero-order chi connectivity index (χ0) is 18.5. The van der Waals surface area contributed by atoms with Crippen LogP contribution in [0.1, 0.15) is 6.92 Å². The molecule has 134 valence electrons. The number of hydrogen-bond acceptors (Lipinski definition) is 5. The summed E-state index contributed by atoms with van der Waals surface area (Å²) in [5.74, 6) is -1.08. The zero-order valence-electron chi connectivity index (χ0n) is 14.2. The van der Waals surface area contributed by atoms with Gasteiger partial charge in [-0.25, -0.2) is 0 Å². The first-order valence-corrected chi connectivity index (χ1v) is 9.11. The van der Waals surface area contributed by atoms with Crippen LogP contribution in [0.3, 0.4) is 0 Å². The number of nitrogens with one attached hydrogen (secondary N) is 1. The van der Waals surface area contributed by atoms with Crippen LogP contribution >= 0.6 is 11.8 Å². The third-order valence-corrected chi connectivity index (χ3v) is 4.78. The first kappa shape index (κ1) is 18.0. The molecule has 0 saturated carbocycles. The lowest BCUT2D eigenvalue weighted by Gasteiger charge is -2.30. The SMILES string of the molecule is C[C@@H](OC(=O)CSc1ccccc1)C(=O)N1CC(=O)Nc2ccccc21. The maximum absolute atomic E-state index is 12.7. The number of thioether (sulfide) groups is 1. The molecule has 1 aliphatic rings. The second kappa shape index (κ2) is 8.05. The molecule has 1 N–H and O–H groups in total. The molecule has 2 aromatic carbocycles. The quantitative estimate of drug-likeness (QED) is 0.647. The van der Waals surface area contributed by atoms with Gasteiger partial charge in [-0.05, 0) is 31.2 Å². The fourth-order valence-electron chi connectivity index (χ4n) is 2.59. The van der Waals surface area contributed by atoms with Gasteiger partial charge in [-0.2, -0.15) is 0 Å². The number of fused-ring (bicyclic) bond motifs is 1. The number of para-hydroxylation sites is 2. The summed E-state index contributed by atoms with van der Waals surface area (Å²) in [6.45, 7) is 1.42. The van der Waals surface area contributed by atoms with E-state index in [2.05, 4.69) is 5.32 Å². The molecule has 1 aliphatic heterocycles. The molecule has 0 bridgehead atoms. The molecular weight excluding hydrogens is 352 g/mol. The molecule has 0 fully saturated rings. The third-order valence-electron chi connectivity index (χ3n) is 3.79. The lowest BCUT2D eigenvalue weighted by atomic mass is 10.1. The van der Waals surface area contributed by atoms with Crippen molar-refractivity contribution in [3.8, 4) is 0 Å². The van der Waals surface area contributed by atoms with Crippen molar-refractivity contribution in [3.05, 3.63) is 54.6 Å². The van der Waals surface area contributed by atoms with Gasteiger partial charge in [0.05, 0.1) is 17.1 Å². The molecule has 1 heterocycles. The standard InChI is InChI=1S/C19H18N2O4S/c1-13(25-18(23)12-26-14-7-3-2-4-8-14)19(24)21-11-17(22)20-15-9-5-6-10-16(15)21/h2-10,13H,11-12H2,1H3,(H,20,22)/t13-/m1/s1. The van der Waals surface area contributed by atoms with E-state index in [0.29, 0.717) is 11.4 Å². The summed E-state index contributed by atoms with van der Waals surface area (Å²) < 4.78 is 5.25. The third kappa shape index (κ3) is 4.23. The Hall–Kier alpha value is -2.80. The van der Waals surface area contributed by atoms with E-state index in [1.807, 2.05) is 30.3 Å². The van der Waals surface area contributed by atoms with Crippen molar-refractivity contribution in [3.63, 3.8) is 0 Å². The number of ether oxygens (including phenoxy) is 1. The summed E-state index contributed by atoms with van der Waals surface area (Å²) in [6.07, 6.45) is -0.974. The molecule has 0 unspecified atom stereocenters. The van der Waals surface area contributed by atoms with Crippen LogP contribution in [0.15, 0.2) is 59.5 Å². The molecule has 0 radical (unpaired) electrons. The average Bonchev–Trinajstić information content (AvgIpc) is 2.66. The topological polar surface area (TPSA) is 75.7 Å². The van der Waals surface area contributed by atoms with Crippen LogP contribution in [0.2, 0.25) is 0 Å². The maximum Gasteiger partial charge on any atom is 0.317 e. The van der Waals surface area contributed by atoms with Gasteiger partial charge in [-0.3, -0.25) is 19.3 Å². The summed E-state index contributed by atoms with van der Waals surface area (Å²) in [6, 6.07) is 16.5.